The summed E-state index contributed by atoms with van der Waals surface area (Å²) in [5, 5.41) is 0. The van der Waals surface area contributed by atoms with Gasteiger partial charge in [0.2, 0.25) is 5.91 Å². The van der Waals surface area contributed by atoms with E-state index in [-0.39, 0.29) is 5.91 Å². The zero-order valence-corrected chi connectivity index (χ0v) is 24.2. The molecule has 2 saturated heterocycles. The zero-order valence-electron chi connectivity index (χ0n) is 24.2. The predicted molar refractivity (Wildman–Crippen MR) is 164 cm³/mol. The minimum atomic E-state index is 0.0725. The number of hydrogen-bond donors (Lipinski definition) is 0. The number of carbonyl (C=O) groups is 1. The molecule has 1 aromatic heterocycles. The topological polar surface area (TPSA) is 58.1 Å². The highest BCUT2D eigenvalue weighted by Crippen LogP contribution is 2.29. The third kappa shape index (κ3) is 8.33. The standard InChI is InChI=1S/C34H42N4O3/c1-40-32-27-29(12-14-34(39)38-19-15-30(16-20-38)26-28-8-3-2-4-9-28)11-13-31(32)41-25-7-18-36-21-23-37(24-22-36)33-10-5-6-17-35-33/h2-6,8-14,17,27,30H,7,15-16,18-26H2,1H3/b14-12+. The minimum absolute atomic E-state index is 0.0725. The summed E-state index contributed by atoms with van der Waals surface area (Å²) >= 11 is 0. The van der Waals surface area contributed by atoms with Crippen molar-refractivity contribution in [2.45, 2.75) is 25.7 Å². The first kappa shape index (κ1) is 28.7. The highest BCUT2D eigenvalue weighted by atomic mass is 16.5. The van der Waals surface area contributed by atoms with Crippen molar-refractivity contribution in [2.75, 3.05) is 64.4 Å². The van der Waals surface area contributed by atoms with E-state index in [2.05, 4.69) is 51.2 Å². The van der Waals surface area contributed by atoms with Gasteiger partial charge in [-0.05, 0) is 73.1 Å². The minimum Gasteiger partial charge on any atom is -0.493 e. The molecule has 216 valence electrons. The molecule has 0 radical (unpaired) electrons. The molecule has 0 unspecified atom stereocenters. The van der Waals surface area contributed by atoms with Gasteiger partial charge in [0.15, 0.2) is 11.5 Å². The number of benzene rings is 2. The molecule has 2 fully saturated rings. The lowest BCUT2D eigenvalue weighted by molar-refractivity contribution is -0.127. The average molecular weight is 555 g/mol. The van der Waals surface area contributed by atoms with Gasteiger partial charge in [-0.25, -0.2) is 4.98 Å². The molecule has 2 aliphatic heterocycles. The van der Waals surface area contributed by atoms with Crippen LogP contribution in [0.25, 0.3) is 6.08 Å². The van der Waals surface area contributed by atoms with Gasteiger partial charge >= 0.3 is 0 Å². The van der Waals surface area contributed by atoms with E-state index in [0.29, 0.717) is 18.3 Å². The summed E-state index contributed by atoms with van der Waals surface area (Å²) in [7, 11) is 1.65. The lowest BCUT2D eigenvalue weighted by Gasteiger charge is -2.35. The van der Waals surface area contributed by atoms with Crippen LogP contribution < -0.4 is 14.4 Å². The van der Waals surface area contributed by atoms with Crippen molar-refractivity contribution >= 4 is 17.8 Å². The summed E-state index contributed by atoms with van der Waals surface area (Å²) in [6.07, 6.45) is 9.55. The molecule has 0 spiro atoms. The summed E-state index contributed by atoms with van der Waals surface area (Å²) in [4.78, 5) is 24.1. The lowest BCUT2D eigenvalue weighted by atomic mass is 9.90. The van der Waals surface area contributed by atoms with Crippen LogP contribution in [0.5, 0.6) is 11.5 Å². The molecule has 0 saturated carbocycles. The van der Waals surface area contributed by atoms with Gasteiger partial charge in [-0.15, -0.1) is 0 Å². The van der Waals surface area contributed by atoms with E-state index in [1.54, 1.807) is 13.2 Å². The second-order valence-electron chi connectivity index (χ2n) is 10.9. The molecular weight excluding hydrogens is 512 g/mol. The number of carbonyl (C=O) groups excluding carboxylic acids is 1. The zero-order chi connectivity index (χ0) is 28.3. The molecule has 0 aliphatic carbocycles. The summed E-state index contributed by atoms with van der Waals surface area (Å²) < 4.78 is 11.7. The Hall–Kier alpha value is -3.84. The third-order valence-corrected chi connectivity index (χ3v) is 8.12. The number of ether oxygens (including phenoxy) is 2. The van der Waals surface area contributed by atoms with Crippen LogP contribution in [0.3, 0.4) is 0 Å². The molecule has 3 aromatic rings. The smallest absolute Gasteiger partial charge is 0.246 e. The van der Waals surface area contributed by atoms with Gasteiger partial charge in [-0.2, -0.15) is 0 Å². The van der Waals surface area contributed by atoms with E-state index in [9.17, 15) is 4.79 Å². The number of piperidine rings is 1. The number of likely N-dealkylation sites (tertiary alicyclic amines) is 1. The molecule has 0 bridgehead atoms. The average Bonchev–Trinajstić information content (AvgIpc) is 3.04. The maximum Gasteiger partial charge on any atom is 0.246 e. The SMILES string of the molecule is COc1cc(/C=C/C(=O)N2CCC(Cc3ccccc3)CC2)ccc1OCCCN1CCN(c2ccccn2)CC1. The van der Waals surface area contributed by atoms with Crippen molar-refractivity contribution in [2.24, 2.45) is 5.92 Å². The maximum absolute atomic E-state index is 12.8. The highest BCUT2D eigenvalue weighted by molar-refractivity contribution is 5.92. The molecule has 7 heteroatoms. The molecule has 0 N–H and O–H groups in total. The molecule has 41 heavy (non-hydrogen) atoms. The van der Waals surface area contributed by atoms with Crippen molar-refractivity contribution in [3.8, 4) is 11.5 Å². The monoisotopic (exact) mass is 554 g/mol. The number of nitrogens with zero attached hydrogens (tertiary/aromatic N) is 4. The number of piperazine rings is 1. The summed E-state index contributed by atoms with van der Waals surface area (Å²) in [6.45, 7) is 7.32. The van der Waals surface area contributed by atoms with E-state index in [0.717, 1.165) is 88.6 Å². The van der Waals surface area contributed by atoms with E-state index in [1.807, 2.05) is 47.5 Å². The normalized spacial score (nSPS) is 16.7. The molecule has 0 atom stereocenters. The van der Waals surface area contributed by atoms with Crippen molar-refractivity contribution in [3.63, 3.8) is 0 Å². The number of pyridine rings is 1. The van der Waals surface area contributed by atoms with Crippen LogP contribution in [0, 0.1) is 5.92 Å². The van der Waals surface area contributed by atoms with Crippen molar-refractivity contribution in [1.29, 1.82) is 0 Å². The first-order valence-corrected chi connectivity index (χ1v) is 14.9. The van der Waals surface area contributed by atoms with Gasteiger partial charge < -0.3 is 19.3 Å². The van der Waals surface area contributed by atoms with Crippen LogP contribution in [0.4, 0.5) is 5.82 Å². The van der Waals surface area contributed by atoms with Gasteiger partial charge in [-0.3, -0.25) is 9.69 Å². The Balaban J connectivity index is 1.02. The molecule has 1 amide bonds. The fourth-order valence-electron chi connectivity index (χ4n) is 5.70. The predicted octanol–water partition coefficient (Wildman–Crippen LogP) is 5.18. The number of rotatable bonds is 11. The second kappa shape index (κ2) is 14.7. The van der Waals surface area contributed by atoms with Gasteiger partial charge in [0.25, 0.3) is 0 Å². The van der Waals surface area contributed by atoms with Crippen LogP contribution in [0.1, 0.15) is 30.4 Å². The molecule has 2 aromatic carbocycles. The number of hydrogen-bond acceptors (Lipinski definition) is 6. The van der Waals surface area contributed by atoms with Crippen LogP contribution in [-0.2, 0) is 11.2 Å². The summed E-state index contributed by atoms with van der Waals surface area (Å²) in [5.41, 5.74) is 2.31. The van der Waals surface area contributed by atoms with Gasteiger partial charge in [0.1, 0.15) is 5.82 Å². The van der Waals surface area contributed by atoms with Crippen molar-refractivity contribution in [1.82, 2.24) is 14.8 Å². The number of aromatic nitrogens is 1. The fourth-order valence-corrected chi connectivity index (χ4v) is 5.70. The molecule has 7 nitrogen and oxygen atoms in total. The quantitative estimate of drug-likeness (QED) is 0.241. The lowest BCUT2D eigenvalue weighted by Crippen LogP contribution is -2.47. The Morgan fingerprint density at radius 3 is 2.44 bits per heavy atom. The van der Waals surface area contributed by atoms with Crippen molar-refractivity contribution in [3.05, 3.63) is 90.1 Å². The van der Waals surface area contributed by atoms with Crippen molar-refractivity contribution < 1.29 is 14.3 Å². The van der Waals surface area contributed by atoms with E-state index >= 15 is 0 Å². The number of methoxy groups -OCH3 is 1. The molecule has 3 heterocycles. The number of anilines is 1. The summed E-state index contributed by atoms with van der Waals surface area (Å²) in [5.74, 6) is 3.19. The Morgan fingerprint density at radius 2 is 1.71 bits per heavy atom. The number of amides is 1. The largest absolute Gasteiger partial charge is 0.493 e. The van der Waals surface area contributed by atoms with E-state index in [1.165, 1.54) is 5.56 Å². The molecule has 5 rings (SSSR count). The Bertz CT molecular complexity index is 1250. The Morgan fingerprint density at radius 1 is 0.927 bits per heavy atom. The first-order valence-electron chi connectivity index (χ1n) is 14.9. The van der Waals surface area contributed by atoms with Gasteiger partial charge in [0.05, 0.1) is 13.7 Å². The molecular formula is C34H42N4O3. The van der Waals surface area contributed by atoms with Crippen LogP contribution in [-0.4, -0.2) is 80.2 Å². The Kier molecular flexibility index (Phi) is 10.3. The second-order valence-corrected chi connectivity index (χ2v) is 10.9. The fraction of sp³-hybridized carbons (Fsp3) is 0.412. The van der Waals surface area contributed by atoms with Crippen LogP contribution in [0.2, 0.25) is 0 Å². The third-order valence-electron chi connectivity index (χ3n) is 8.12. The van der Waals surface area contributed by atoms with Gasteiger partial charge in [0, 0.05) is 58.1 Å². The maximum atomic E-state index is 12.8. The van der Waals surface area contributed by atoms with Crippen LogP contribution in [0.15, 0.2) is 79.0 Å². The summed E-state index contributed by atoms with van der Waals surface area (Å²) in [6, 6.07) is 22.6. The Labute approximate surface area is 244 Å². The van der Waals surface area contributed by atoms with Crippen LogP contribution >= 0.6 is 0 Å². The van der Waals surface area contributed by atoms with E-state index in [4.69, 9.17) is 9.47 Å². The first-order chi connectivity index (χ1) is 20.2. The van der Waals surface area contributed by atoms with E-state index < -0.39 is 0 Å². The molecule has 2 aliphatic rings. The highest BCUT2D eigenvalue weighted by Gasteiger charge is 2.22. The van der Waals surface area contributed by atoms with Gasteiger partial charge in [-0.1, -0.05) is 42.5 Å².